The third kappa shape index (κ3) is 8.03. The SMILES string of the molecule is CCCNC(=O)C(CC)N(Cc1ccc(OC)cc1)C(=O)CN(c1cccc(C(F)(F)F)c1)S(=O)(=O)c1ccccc1. The second-order valence-electron chi connectivity index (χ2n) is 9.46. The Kier molecular flexibility index (Phi) is 11.0. The number of carbonyl (C=O) groups is 2. The Balaban J connectivity index is 2.09. The van der Waals surface area contributed by atoms with Gasteiger partial charge in [-0.05, 0) is 60.9 Å². The maximum absolute atomic E-state index is 14.0. The van der Waals surface area contributed by atoms with Crippen molar-refractivity contribution in [2.24, 2.45) is 0 Å². The second-order valence-corrected chi connectivity index (χ2v) is 11.3. The number of hydrogen-bond acceptors (Lipinski definition) is 5. The first-order valence-electron chi connectivity index (χ1n) is 13.4. The summed E-state index contributed by atoms with van der Waals surface area (Å²) in [6.07, 6.45) is -3.87. The maximum atomic E-state index is 14.0. The molecule has 0 fully saturated rings. The number of alkyl halides is 3. The molecule has 12 heteroatoms. The van der Waals surface area contributed by atoms with Gasteiger partial charge in [-0.3, -0.25) is 13.9 Å². The van der Waals surface area contributed by atoms with E-state index in [1.54, 1.807) is 37.3 Å². The molecule has 8 nitrogen and oxygen atoms in total. The Morgan fingerprint density at radius 2 is 1.62 bits per heavy atom. The van der Waals surface area contributed by atoms with Gasteiger partial charge in [-0.2, -0.15) is 13.2 Å². The number of sulfonamides is 1. The summed E-state index contributed by atoms with van der Waals surface area (Å²) in [6, 6.07) is 16.7. The van der Waals surface area contributed by atoms with Gasteiger partial charge in [0.05, 0.1) is 23.3 Å². The van der Waals surface area contributed by atoms with Gasteiger partial charge in [-0.15, -0.1) is 0 Å². The lowest BCUT2D eigenvalue weighted by atomic mass is 10.1. The van der Waals surface area contributed by atoms with E-state index in [0.29, 0.717) is 34.7 Å². The predicted molar refractivity (Wildman–Crippen MR) is 153 cm³/mol. The summed E-state index contributed by atoms with van der Waals surface area (Å²) in [4.78, 5) is 28.2. The van der Waals surface area contributed by atoms with Gasteiger partial charge in [0.25, 0.3) is 10.0 Å². The summed E-state index contributed by atoms with van der Waals surface area (Å²) in [5.41, 5.74) is -0.765. The van der Waals surface area contributed by atoms with Gasteiger partial charge in [-0.1, -0.05) is 50.2 Å². The molecule has 1 atom stereocenters. The molecule has 3 rings (SSSR count). The number of halogens is 3. The fourth-order valence-electron chi connectivity index (χ4n) is 4.30. The molecule has 2 amide bonds. The van der Waals surface area contributed by atoms with Crippen LogP contribution in [0.2, 0.25) is 0 Å². The van der Waals surface area contributed by atoms with Crippen molar-refractivity contribution < 1.29 is 35.9 Å². The number of methoxy groups -OCH3 is 1. The molecule has 0 saturated carbocycles. The van der Waals surface area contributed by atoms with Crippen molar-refractivity contribution >= 4 is 27.5 Å². The molecule has 1 N–H and O–H groups in total. The monoisotopic (exact) mass is 605 g/mol. The van der Waals surface area contributed by atoms with E-state index in [9.17, 15) is 31.2 Å². The Bertz CT molecular complexity index is 1450. The lowest BCUT2D eigenvalue weighted by Gasteiger charge is -2.33. The molecular weight excluding hydrogens is 571 g/mol. The van der Waals surface area contributed by atoms with Crippen LogP contribution in [0.15, 0.2) is 83.8 Å². The Morgan fingerprint density at radius 1 is 0.952 bits per heavy atom. The highest BCUT2D eigenvalue weighted by atomic mass is 32.2. The zero-order valence-corrected chi connectivity index (χ0v) is 24.4. The van der Waals surface area contributed by atoms with Crippen molar-refractivity contribution in [1.82, 2.24) is 10.2 Å². The molecule has 0 aliphatic rings. The van der Waals surface area contributed by atoms with E-state index >= 15 is 0 Å². The predicted octanol–water partition coefficient (Wildman–Crippen LogP) is 5.24. The average Bonchev–Trinajstić information content (AvgIpc) is 2.98. The highest BCUT2D eigenvalue weighted by Gasteiger charge is 2.35. The van der Waals surface area contributed by atoms with Crippen LogP contribution in [0.3, 0.4) is 0 Å². The first-order valence-corrected chi connectivity index (χ1v) is 14.8. The molecule has 0 bridgehead atoms. The van der Waals surface area contributed by atoms with E-state index in [0.717, 1.165) is 12.1 Å². The standard InChI is InChI=1S/C30H34F3N3O5S/c1-4-18-34-29(38)27(5-2)35(20-22-14-16-25(41-3)17-15-22)28(37)21-36(42(39,40)26-12-7-6-8-13-26)24-11-9-10-23(19-24)30(31,32)33/h6-17,19,27H,4-5,18,20-21H2,1-3H3,(H,34,38). The van der Waals surface area contributed by atoms with E-state index in [1.165, 1.54) is 42.3 Å². The zero-order chi connectivity index (χ0) is 30.9. The van der Waals surface area contributed by atoms with Gasteiger partial charge in [0.15, 0.2) is 0 Å². The molecule has 0 aliphatic carbocycles. The van der Waals surface area contributed by atoms with Gasteiger partial charge in [0.1, 0.15) is 18.3 Å². The van der Waals surface area contributed by atoms with Gasteiger partial charge in [0, 0.05) is 13.1 Å². The van der Waals surface area contributed by atoms with Gasteiger partial charge >= 0.3 is 6.18 Å². The molecule has 0 aliphatic heterocycles. The number of anilines is 1. The molecule has 0 aromatic heterocycles. The summed E-state index contributed by atoms with van der Waals surface area (Å²) in [6.45, 7) is 3.08. The van der Waals surface area contributed by atoms with Gasteiger partial charge in [-0.25, -0.2) is 8.42 Å². The highest BCUT2D eigenvalue weighted by molar-refractivity contribution is 7.92. The lowest BCUT2D eigenvalue weighted by molar-refractivity contribution is -0.140. The Morgan fingerprint density at radius 3 is 2.19 bits per heavy atom. The Hall–Kier alpha value is -4.06. The second kappa shape index (κ2) is 14.2. The number of benzene rings is 3. The van der Waals surface area contributed by atoms with Crippen molar-refractivity contribution in [3.63, 3.8) is 0 Å². The molecule has 42 heavy (non-hydrogen) atoms. The van der Waals surface area contributed by atoms with Crippen molar-refractivity contribution in [2.75, 3.05) is 24.5 Å². The van der Waals surface area contributed by atoms with Crippen molar-refractivity contribution in [3.05, 3.63) is 90.0 Å². The van der Waals surface area contributed by atoms with Crippen LogP contribution >= 0.6 is 0 Å². The fourth-order valence-corrected chi connectivity index (χ4v) is 5.73. The van der Waals surface area contributed by atoms with Crippen molar-refractivity contribution in [2.45, 2.75) is 50.3 Å². The quantitative estimate of drug-likeness (QED) is 0.288. The van der Waals surface area contributed by atoms with Crippen LogP contribution in [0.4, 0.5) is 18.9 Å². The number of nitrogens with one attached hydrogen (secondary N) is 1. The lowest BCUT2D eigenvalue weighted by Crippen LogP contribution is -2.52. The van der Waals surface area contributed by atoms with Crippen LogP contribution in [0.5, 0.6) is 5.75 Å². The minimum absolute atomic E-state index is 0.0529. The molecule has 3 aromatic carbocycles. The number of hydrogen-bond donors (Lipinski definition) is 1. The van der Waals surface area contributed by atoms with E-state index in [-0.39, 0.29) is 23.5 Å². The van der Waals surface area contributed by atoms with Gasteiger partial charge < -0.3 is 15.0 Å². The topological polar surface area (TPSA) is 96.0 Å². The van der Waals surface area contributed by atoms with Crippen LogP contribution in [0, 0.1) is 0 Å². The molecule has 0 spiro atoms. The van der Waals surface area contributed by atoms with Crippen LogP contribution in [0.25, 0.3) is 0 Å². The summed E-state index contributed by atoms with van der Waals surface area (Å²) < 4.78 is 74.1. The average molecular weight is 606 g/mol. The van der Waals surface area contributed by atoms with Gasteiger partial charge in [0.2, 0.25) is 11.8 Å². The molecule has 3 aromatic rings. The minimum Gasteiger partial charge on any atom is -0.497 e. The van der Waals surface area contributed by atoms with E-state index < -0.39 is 46.2 Å². The van der Waals surface area contributed by atoms with Crippen LogP contribution in [-0.4, -0.2) is 51.4 Å². The fraction of sp³-hybridized carbons (Fsp3) is 0.333. The first-order chi connectivity index (χ1) is 19.9. The molecule has 0 saturated heterocycles. The molecule has 0 heterocycles. The van der Waals surface area contributed by atoms with Crippen LogP contribution < -0.4 is 14.4 Å². The normalized spacial score (nSPS) is 12.3. The number of rotatable bonds is 13. The summed E-state index contributed by atoms with van der Waals surface area (Å²) >= 11 is 0. The minimum atomic E-state index is -4.74. The molecule has 0 radical (unpaired) electrons. The van der Waals surface area contributed by atoms with E-state index in [2.05, 4.69) is 5.32 Å². The number of ether oxygens (including phenoxy) is 1. The molecule has 1 unspecified atom stereocenters. The smallest absolute Gasteiger partial charge is 0.416 e. The van der Waals surface area contributed by atoms with Crippen LogP contribution in [-0.2, 0) is 32.3 Å². The van der Waals surface area contributed by atoms with E-state index in [4.69, 9.17) is 4.74 Å². The summed E-state index contributed by atoms with van der Waals surface area (Å²) in [5, 5.41) is 2.78. The summed E-state index contributed by atoms with van der Waals surface area (Å²) in [5.74, 6) is -0.604. The largest absolute Gasteiger partial charge is 0.497 e. The third-order valence-corrected chi connectivity index (χ3v) is 8.31. The summed E-state index contributed by atoms with van der Waals surface area (Å²) in [7, 11) is -2.99. The van der Waals surface area contributed by atoms with Crippen molar-refractivity contribution in [1.29, 1.82) is 0 Å². The molecular formula is C30H34F3N3O5S. The number of carbonyl (C=O) groups excluding carboxylic acids is 2. The highest BCUT2D eigenvalue weighted by Crippen LogP contribution is 2.33. The third-order valence-electron chi connectivity index (χ3n) is 6.52. The van der Waals surface area contributed by atoms with Crippen molar-refractivity contribution in [3.8, 4) is 5.75 Å². The van der Waals surface area contributed by atoms with Crippen LogP contribution in [0.1, 0.15) is 37.8 Å². The molecule has 226 valence electrons. The Labute approximate surface area is 244 Å². The maximum Gasteiger partial charge on any atom is 0.416 e. The number of nitrogens with zero attached hydrogens (tertiary/aromatic N) is 2. The number of amides is 2. The van der Waals surface area contributed by atoms with E-state index in [1.807, 2.05) is 6.92 Å². The zero-order valence-electron chi connectivity index (χ0n) is 23.6. The first kappa shape index (κ1) is 32.5.